The zero-order valence-corrected chi connectivity index (χ0v) is 10.8. The molecule has 3 heterocycles. The summed E-state index contributed by atoms with van der Waals surface area (Å²) in [5, 5.41) is 3.55. The Hall–Kier alpha value is -2.44. The first-order valence-corrected chi connectivity index (χ1v) is 6.49. The van der Waals surface area contributed by atoms with Gasteiger partial charge in [-0.05, 0) is 18.9 Å². The molecule has 0 aromatic carbocycles. The minimum atomic E-state index is -0.360. The van der Waals surface area contributed by atoms with Crippen molar-refractivity contribution in [3.05, 3.63) is 46.5 Å². The maximum Gasteiger partial charge on any atom is 0.345 e. The SMILES string of the molecule is O=C(c1ccno1)N1CCCC(c2ccnc(=O)[nH]2)C1. The Morgan fingerprint density at radius 2 is 2.30 bits per heavy atom. The molecule has 0 radical (unpaired) electrons. The first-order chi connectivity index (χ1) is 9.74. The standard InChI is InChI=1S/C13H14N4O3/c18-12(11-4-6-15-20-11)17-7-1-2-9(8-17)10-3-5-14-13(19)16-10/h3-6,9H,1-2,7-8H2,(H,14,16,19). The third-order valence-electron chi connectivity index (χ3n) is 3.49. The van der Waals surface area contributed by atoms with Crippen LogP contribution in [0.3, 0.4) is 0 Å². The van der Waals surface area contributed by atoms with E-state index in [-0.39, 0.29) is 23.3 Å². The smallest absolute Gasteiger partial charge is 0.345 e. The summed E-state index contributed by atoms with van der Waals surface area (Å²) >= 11 is 0. The second-order valence-corrected chi connectivity index (χ2v) is 4.80. The van der Waals surface area contributed by atoms with Crippen LogP contribution in [0.4, 0.5) is 0 Å². The van der Waals surface area contributed by atoms with Crippen molar-refractivity contribution in [2.75, 3.05) is 13.1 Å². The van der Waals surface area contributed by atoms with Crippen LogP contribution in [0.25, 0.3) is 0 Å². The Bertz CT molecular complexity index is 650. The molecule has 1 N–H and O–H groups in total. The van der Waals surface area contributed by atoms with Crippen LogP contribution in [0.5, 0.6) is 0 Å². The number of aromatic amines is 1. The molecule has 20 heavy (non-hydrogen) atoms. The monoisotopic (exact) mass is 274 g/mol. The molecule has 7 nitrogen and oxygen atoms in total. The van der Waals surface area contributed by atoms with Gasteiger partial charge in [-0.1, -0.05) is 5.16 Å². The minimum absolute atomic E-state index is 0.117. The minimum Gasteiger partial charge on any atom is -0.351 e. The average Bonchev–Trinajstić information content (AvgIpc) is 3.01. The number of hydrogen-bond acceptors (Lipinski definition) is 5. The molecule has 1 saturated heterocycles. The predicted molar refractivity (Wildman–Crippen MR) is 69.2 cm³/mol. The fraction of sp³-hybridized carbons (Fsp3) is 0.385. The van der Waals surface area contributed by atoms with E-state index in [0.29, 0.717) is 13.1 Å². The van der Waals surface area contributed by atoms with Crippen LogP contribution in [0, 0.1) is 0 Å². The van der Waals surface area contributed by atoms with E-state index in [1.54, 1.807) is 17.0 Å². The first-order valence-electron chi connectivity index (χ1n) is 6.49. The molecular formula is C13H14N4O3. The molecule has 2 aromatic heterocycles. The summed E-state index contributed by atoms with van der Waals surface area (Å²) in [6.45, 7) is 1.24. The molecule has 0 aliphatic carbocycles. The number of amides is 1. The lowest BCUT2D eigenvalue weighted by Gasteiger charge is -2.31. The zero-order valence-electron chi connectivity index (χ0n) is 10.8. The highest BCUT2D eigenvalue weighted by Crippen LogP contribution is 2.25. The number of carbonyl (C=O) groups is 1. The van der Waals surface area contributed by atoms with Crippen LogP contribution >= 0.6 is 0 Å². The van der Waals surface area contributed by atoms with Gasteiger partial charge in [-0.2, -0.15) is 0 Å². The fourth-order valence-electron chi connectivity index (χ4n) is 2.52. The second-order valence-electron chi connectivity index (χ2n) is 4.80. The van der Waals surface area contributed by atoms with E-state index >= 15 is 0 Å². The highest BCUT2D eigenvalue weighted by molar-refractivity contribution is 5.91. The van der Waals surface area contributed by atoms with Crippen LogP contribution < -0.4 is 5.69 Å². The van der Waals surface area contributed by atoms with Gasteiger partial charge in [-0.15, -0.1) is 0 Å². The molecule has 2 aromatic rings. The van der Waals surface area contributed by atoms with E-state index in [4.69, 9.17) is 4.52 Å². The molecule has 3 rings (SSSR count). The van der Waals surface area contributed by atoms with Crippen molar-refractivity contribution < 1.29 is 9.32 Å². The third-order valence-corrected chi connectivity index (χ3v) is 3.49. The Balaban J connectivity index is 1.77. The van der Waals surface area contributed by atoms with Gasteiger partial charge in [0.15, 0.2) is 0 Å². The number of carbonyl (C=O) groups excluding carboxylic acids is 1. The van der Waals surface area contributed by atoms with Gasteiger partial charge in [-0.25, -0.2) is 9.78 Å². The Morgan fingerprint density at radius 3 is 3.05 bits per heavy atom. The maximum absolute atomic E-state index is 12.2. The van der Waals surface area contributed by atoms with Crippen LogP contribution in [0.15, 0.2) is 33.8 Å². The van der Waals surface area contributed by atoms with Gasteiger partial charge in [0.2, 0.25) is 5.76 Å². The van der Waals surface area contributed by atoms with E-state index in [9.17, 15) is 9.59 Å². The molecular weight excluding hydrogens is 260 g/mol. The van der Waals surface area contributed by atoms with Crippen LogP contribution in [-0.2, 0) is 0 Å². The van der Waals surface area contributed by atoms with E-state index in [0.717, 1.165) is 18.5 Å². The number of likely N-dealkylation sites (tertiary alicyclic amines) is 1. The Morgan fingerprint density at radius 1 is 1.40 bits per heavy atom. The fourth-order valence-corrected chi connectivity index (χ4v) is 2.52. The number of hydrogen-bond donors (Lipinski definition) is 1. The maximum atomic E-state index is 12.2. The van der Waals surface area contributed by atoms with Gasteiger partial charge in [0.05, 0.1) is 6.20 Å². The van der Waals surface area contributed by atoms with Gasteiger partial charge in [-0.3, -0.25) is 4.79 Å². The second kappa shape index (κ2) is 5.28. The van der Waals surface area contributed by atoms with Gasteiger partial charge in [0.1, 0.15) is 0 Å². The number of rotatable bonds is 2. The third kappa shape index (κ3) is 2.47. The van der Waals surface area contributed by atoms with E-state index < -0.39 is 0 Å². The molecule has 0 bridgehead atoms. The quantitative estimate of drug-likeness (QED) is 0.873. The number of nitrogens with one attached hydrogen (secondary N) is 1. The average molecular weight is 274 g/mol. The number of aromatic nitrogens is 3. The molecule has 1 aliphatic rings. The van der Waals surface area contributed by atoms with Gasteiger partial charge >= 0.3 is 5.69 Å². The summed E-state index contributed by atoms with van der Waals surface area (Å²) in [5.41, 5.74) is 0.459. The summed E-state index contributed by atoms with van der Waals surface area (Å²) in [5.74, 6) is 0.198. The van der Waals surface area contributed by atoms with Crippen molar-refractivity contribution in [1.82, 2.24) is 20.0 Å². The van der Waals surface area contributed by atoms with Crippen molar-refractivity contribution in [1.29, 1.82) is 0 Å². The Labute approximate surface area is 114 Å². The number of nitrogens with zero attached hydrogens (tertiary/aromatic N) is 3. The molecule has 1 unspecified atom stereocenters. The topological polar surface area (TPSA) is 92.1 Å². The van der Waals surface area contributed by atoms with Crippen molar-refractivity contribution in [3.8, 4) is 0 Å². The molecule has 1 atom stereocenters. The lowest BCUT2D eigenvalue weighted by Crippen LogP contribution is -2.39. The summed E-state index contributed by atoms with van der Waals surface area (Å²) < 4.78 is 4.90. The largest absolute Gasteiger partial charge is 0.351 e. The van der Waals surface area contributed by atoms with Crippen molar-refractivity contribution in [3.63, 3.8) is 0 Å². The summed E-state index contributed by atoms with van der Waals surface area (Å²) in [6, 6.07) is 3.34. The molecule has 1 amide bonds. The summed E-state index contributed by atoms with van der Waals surface area (Å²) in [6.07, 6.45) is 4.76. The first kappa shape index (κ1) is 12.6. The van der Waals surface area contributed by atoms with Crippen molar-refractivity contribution in [2.45, 2.75) is 18.8 Å². The molecule has 1 aliphatic heterocycles. The number of H-pyrrole nitrogens is 1. The lowest BCUT2D eigenvalue weighted by molar-refractivity contribution is 0.0664. The van der Waals surface area contributed by atoms with Gasteiger partial charge in [0.25, 0.3) is 5.91 Å². The van der Waals surface area contributed by atoms with Crippen LogP contribution in [-0.4, -0.2) is 39.0 Å². The number of piperidine rings is 1. The highest BCUT2D eigenvalue weighted by atomic mass is 16.5. The molecule has 0 saturated carbocycles. The summed E-state index contributed by atoms with van der Waals surface area (Å²) in [7, 11) is 0. The van der Waals surface area contributed by atoms with E-state index in [2.05, 4.69) is 15.1 Å². The van der Waals surface area contributed by atoms with Gasteiger partial charge < -0.3 is 14.4 Å². The van der Waals surface area contributed by atoms with Crippen molar-refractivity contribution >= 4 is 5.91 Å². The molecule has 7 heteroatoms. The lowest BCUT2D eigenvalue weighted by atomic mass is 9.94. The van der Waals surface area contributed by atoms with E-state index in [1.165, 1.54) is 12.4 Å². The molecule has 1 fully saturated rings. The van der Waals surface area contributed by atoms with Gasteiger partial charge in [0, 0.05) is 37.0 Å². The van der Waals surface area contributed by atoms with Crippen molar-refractivity contribution in [2.24, 2.45) is 0 Å². The highest BCUT2D eigenvalue weighted by Gasteiger charge is 2.27. The normalized spacial score (nSPS) is 19.0. The molecule has 104 valence electrons. The zero-order chi connectivity index (χ0) is 13.9. The van der Waals surface area contributed by atoms with E-state index in [1.807, 2.05) is 0 Å². The van der Waals surface area contributed by atoms with Crippen LogP contribution in [0.2, 0.25) is 0 Å². The molecule has 0 spiro atoms. The predicted octanol–water partition coefficient (Wildman–Crippen LogP) is 0.778. The Kier molecular flexibility index (Phi) is 3.32. The van der Waals surface area contributed by atoms with Crippen LogP contribution in [0.1, 0.15) is 35.0 Å². The summed E-state index contributed by atoms with van der Waals surface area (Å²) in [4.78, 5) is 31.6.